The lowest BCUT2D eigenvalue weighted by Gasteiger charge is -2.06. The summed E-state index contributed by atoms with van der Waals surface area (Å²) in [5.41, 5.74) is 2.00. The Bertz CT molecular complexity index is 688. The van der Waals surface area contributed by atoms with Gasteiger partial charge in [0.05, 0.1) is 16.3 Å². The van der Waals surface area contributed by atoms with E-state index in [-0.39, 0.29) is 12.5 Å². The number of nitrogens with zero attached hydrogens (tertiary/aromatic N) is 1. The summed E-state index contributed by atoms with van der Waals surface area (Å²) in [6.07, 6.45) is 0. The van der Waals surface area contributed by atoms with Crippen molar-refractivity contribution in [3.8, 4) is 0 Å². The number of thiophene rings is 1. The van der Waals surface area contributed by atoms with Gasteiger partial charge < -0.3 is 10.1 Å². The zero-order chi connectivity index (χ0) is 15.6. The van der Waals surface area contributed by atoms with Crippen LogP contribution in [0, 0.1) is 20.8 Å². The average Bonchev–Trinajstić information content (AvgIpc) is 2.91. The van der Waals surface area contributed by atoms with Crippen molar-refractivity contribution in [2.24, 2.45) is 0 Å². The van der Waals surface area contributed by atoms with Gasteiger partial charge in [0, 0.05) is 17.2 Å². The van der Waals surface area contributed by atoms with Gasteiger partial charge in [-0.05, 0) is 26.3 Å². The molecule has 21 heavy (non-hydrogen) atoms. The van der Waals surface area contributed by atoms with Crippen molar-refractivity contribution in [3.63, 3.8) is 0 Å². The molecule has 0 aliphatic rings. The highest BCUT2D eigenvalue weighted by Gasteiger charge is 2.21. The number of anilines is 1. The molecule has 0 bridgehead atoms. The Balaban J connectivity index is 2.16. The Hall–Kier alpha value is -1.73. The molecular weight excluding hydrogens is 308 g/mol. The van der Waals surface area contributed by atoms with E-state index in [1.54, 1.807) is 0 Å². The molecule has 0 aromatic carbocycles. The smallest absolute Gasteiger partial charge is 0.341 e. The third-order valence-corrected chi connectivity index (χ3v) is 4.84. The summed E-state index contributed by atoms with van der Waals surface area (Å²) < 4.78 is 5.30. The van der Waals surface area contributed by atoms with Crippen LogP contribution in [0.1, 0.15) is 38.4 Å². The number of hydrogen-bond acceptors (Lipinski definition) is 6. The highest BCUT2D eigenvalue weighted by molar-refractivity contribution is 7.16. The van der Waals surface area contributed by atoms with Gasteiger partial charge in [-0.15, -0.1) is 22.7 Å². The van der Waals surface area contributed by atoms with Crippen molar-refractivity contribution in [3.05, 3.63) is 32.1 Å². The van der Waals surface area contributed by atoms with Gasteiger partial charge in [0.1, 0.15) is 11.6 Å². The van der Waals surface area contributed by atoms with Crippen LogP contribution in [0.5, 0.6) is 0 Å². The van der Waals surface area contributed by atoms with Crippen molar-refractivity contribution >= 4 is 39.6 Å². The Labute approximate surface area is 131 Å². The van der Waals surface area contributed by atoms with Gasteiger partial charge in [-0.2, -0.15) is 0 Å². The maximum absolute atomic E-state index is 12.3. The standard InChI is InChI=1S/C14H16N2O3S2/c1-7-8(2)21-13(15-9(3)17)12(7)14(18)19-5-11-6-20-10(4)16-11/h6H,5H2,1-4H3,(H,15,17). The number of carbonyl (C=O) groups is 2. The number of amides is 1. The van der Waals surface area contributed by atoms with Gasteiger partial charge in [-0.1, -0.05) is 0 Å². The van der Waals surface area contributed by atoms with Gasteiger partial charge in [-0.3, -0.25) is 4.79 Å². The molecule has 0 saturated heterocycles. The van der Waals surface area contributed by atoms with Crippen LogP contribution in [0.15, 0.2) is 5.38 Å². The first-order valence-electron chi connectivity index (χ1n) is 6.34. The lowest BCUT2D eigenvalue weighted by Crippen LogP contribution is -2.12. The van der Waals surface area contributed by atoms with E-state index in [0.29, 0.717) is 10.6 Å². The molecule has 112 valence electrons. The fourth-order valence-electron chi connectivity index (χ4n) is 1.81. The lowest BCUT2D eigenvalue weighted by atomic mass is 10.1. The average molecular weight is 324 g/mol. The molecule has 0 atom stereocenters. The second-order valence-corrected chi connectivity index (χ2v) is 6.89. The number of ether oxygens (including phenoxy) is 1. The molecular formula is C14H16N2O3S2. The Morgan fingerprint density at radius 1 is 1.33 bits per heavy atom. The van der Waals surface area contributed by atoms with E-state index in [2.05, 4.69) is 10.3 Å². The van der Waals surface area contributed by atoms with Crippen LogP contribution >= 0.6 is 22.7 Å². The Morgan fingerprint density at radius 2 is 2.05 bits per heavy atom. The first-order valence-corrected chi connectivity index (χ1v) is 8.03. The minimum absolute atomic E-state index is 0.136. The molecule has 0 unspecified atom stereocenters. The predicted octanol–water partition coefficient (Wildman–Crippen LogP) is 3.45. The van der Waals surface area contributed by atoms with Crippen molar-refractivity contribution < 1.29 is 14.3 Å². The highest BCUT2D eigenvalue weighted by Crippen LogP contribution is 2.33. The molecule has 0 radical (unpaired) electrons. The molecule has 0 spiro atoms. The molecule has 1 amide bonds. The second kappa shape index (κ2) is 6.36. The van der Waals surface area contributed by atoms with Crippen molar-refractivity contribution in [2.45, 2.75) is 34.3 Å². The van der Waals surface area contributed by atoms with Crippen LogP contribution in [-0.4, -0.2) is 16.9 Å². The number of aromatic nitrogens is 1. The topological polar surface area (TPSA) is 68.3 Å². The molecule has 5 nitrogen and oxygen atoms in total. The molecule has 2 rings (SSSR count). The number of rotatable bonds is 4. The molecule has 2 aromatic rings. The fraction of sp³-hybridized carbons (Fsp3) is 0.357. The van der Waals surface area contributed by atoms with Gasteiger partial charge in [0.15, 0.2) is 0 Å². The Kier molecular flexibility index (Phi) is 4.74. The van der Waals surface area contributed by atoms with Crippen molar-refractivity contribution in [1.29, 1.82) is 0 Å². The zero-order valence-electron chi connectivity index (χ0n) is 12.3. The van der Waals surface area contributed by atoms with Crippen LogP contribution in [0.3, 0.4) is 0 Å². The first-order chi connectivity index (χ1) is 9.88. The molecule has 0 aliphatic heterocycles. The van der Waals surface area contributed by atoms with Crippen LogP contribution < -0.4 is 5.32 Å². The number of nitrogens with one attached hydrogen (secondary N) is 1. The maximum Gasteiger partial charge on any atom is 0.341 e. The molecule has 2 heterocycles. The normalized spacial score (nSPS) is 10.5. The minimum Gasteiger partial charge on any atom is -0.455 e. The van der Waals surface area contributed by atoms with Crippen LogP contribution in [0.25, 0.3) is 0 Å². The summed E-state index contributed by atoms with van der Waals surface area (Å²) in [4.78, 5) is 28.7. The van der Waals surface area contributed by atoms with Crippen LogP contribution in [0.4, 0.5) is 5.00 Å². The van der Waals surface area contributed by atoms with E-state index in [1.165, 1.54) is 29.6 Å². The monoisotopic (exact) mass is 324 g/mol. The van der Waals surface area contributed by atoms with E-state index in [4.69, 9.17) is 4.74 Å². The van der Waals surface area contributed by atoms with Crippen LogP contribution in [0.2, 0.25) is 0 Å². The summed E-state index contributed by atoms with van der Waals surface area (Å²) in [7, 11) is 0. The number of carbonyl (C=O) groups excluding carboxylic acids is 2. The lowest BCUT2D eigenvalue weighted by molar-refractivity contribution is -0.114. The number of aryl methyl sites for hydroxylation is 2. The summed E-state index contributed by atoms with van der Waals surface area (Å²) >= 11 is 2.89. The molecule has 0 saturated carbocycles. The largest absolute Gasteiger partial charge is 0.455 e. The van der Waals surface area contributed by atoms with Gasteiger partial charge in [0.2, 0.25) is 5.91 Å². The summed E-state index contributed by atoms with van der Waals surface area (Å²) in [6.45, 7) is 7.21. The van der Waals surface area contributed by atoms with E-state index in [1.807, 2.05) is 26.2 Å². The van der Waals surface area contributed by atoms with E-state index in [0.717, 1.165) is 21.1 Å². The van der Waals surface area contributed by atoms with E-state index < -0.39 is 5.97 Å². The number of hydrogen-bond donors (Lipinski definition) is 1. The second-order valence-electron chi connectivity index (χ2n) is 4.60. The van der Waals surface area contributed by atoms with Gasteiger partial charge in [0.25, 0.3) is 0 Å². The minimum atomic E-state index is -0.439. The third kappa shape index (κ3) is 3.68. The zero-order valence-corrected chi connectivity index (χ0v) is 13.9. The molecule has 2 aromatic heterocycles. The molecule has 7 heteroatoms. The summed E-state index contributed by atoms with van der Waals surface area (Å²) in [6, 6.07) is 0. The third-order valence-electron chi connectivity index (χ3n) is 2.90. The maximum atomic E-state index is 12.3. The summed E-state index contributed by atoms with van der Waals surface area (Å²) in [5.74, 6) is -0.647. The van der Waals surface area contributed by atoms with Crippen molar-refractivity contribution in [1.82, 2.24) is 4.98 Å². The van der Waals surface area contributed by atoms with E-state index in [9.17, 15) is 9.59 Å². The SMILES string of the molecule is CC(=O)Nc1sc(C)c(C)c1C(=O)OCc1csc(C)n1. The summed E-state index contributed by atoms with van der Waals surface area (Å²) in [5, 5.41) is 6.02. The molecule has 0 aliphatic carbocycles. The quantitative estimate of drug-likeness (QED) is 0.875. The molecule has 0 fully saturated rings. The Morgan fingerprint density at radius 3 is 2.62 bits per heavy atom. The molecule has 1 N–H and O–H groups in total. The van der Waals surface area contributed by atoms with Gasteiger partial charge >= 0.3 is 5.97 Å². The van der Waals surface area contributed by atoms with Crippen LogP contribution in [-0.2, 0) is 16.1 Å². The number of esters is 1. The first kappa shape index (κ1) is 15.7. The van der Waals surface area contributed by atoms with Gasteiger partial charge in [-0.25, -0.2) is 9.78 Å². The van der Waals surface area contributed by atoms with Crippen molar-refractivity contribution in [2.75, 3.05) is 5.32 Å². The fourth-order valence-corrected chi connectivity index (χ4v) is 3.50. The predicted molar refractivity (Wildman–Crippen MR) is 84.1 cm³/mol. The van der Waals surface area contributed by atoms with E-state index >= 15 is 0 Å². The highest BCUT2D eigenvalue weighted by atomic mass is 32.1. The number of thiazole rings is 1.